The van der Waals surface area contributed by atoms with E-state index in [1.807, 2.05) is 18.2 Å². The molecule has 0 aliphatic heterocycles. The van der Waals surface area contributed by atoms with Crippen molar-refractivity contribution in [2.45, 2.75) is 19.3 Å². The molecule has 21 heavy (non-hydrogen) atoms. The van der Waals surface area contributed by atoms with Gasteiger partial charge in [0.05, 0.1) is 17.9 Å². The zero-order valence-electron chi connectivity index (χ0n) is 11.2. The number of thioether (sulfide) groups is 1. The van der Waals surface area contributed by atoms with Gasteiger partial charge in [-0.3, -0.25) is 9.59 Å². The van der Waals surface area contributed by atoms with Gasteiger partial charge in [-0.25, -0.2) is 0 Å². The van der Waals surface area contributed by atoms with Crippen molar-refractivity contribution in [3.05, 3.63) is 27.1 Å². The number of carboxylic acids is 1. The first-order chi connectivity index (χ1) is 9.90. The number of rotatable bonds is 7. The molecule has 0 aromatic heterocycles. The lowest BCUT2D eigenvalue weighted by molar-refractivity contribution is -0.138. The third-order valence-electron chi connectivity index (χ3n) is 3.33. The number of nitrogens with one attached hydrogen (secondary N) is 1. The van der Waals surface area contributed by atoms with Crippen LogP contribution in [0.4, 0.5) is 5.69 Å². The number of hydrogen-bond donors (Lipinski definition) is 2. The lowest BCUT2D eigenvalue weighted by Crippen LogP contribution is -2.17. The first-order valence-corrected chi connectivity index (χ1v) is 9.19. The SMILES string of the molecule is O=C(O)CC1(CSCC(=O)Nc2ccc(Br)cc2Br)CC1. The first kappa shape index (κ1) is 16.8. The minimum atomic E-state index is -0.753. The van der Waals surface area contributed by atoms with E-state index in [-0.39, 0.29) is 17.7 Å². The highest BCUT2D eigenvalue weighted by Gasteiger charge is 2.44. The highest BCUT2D eigenvalue weighted by molar-refractivity contribution is 9.11. The number of carbonyl (C=O) groups is 2. The summed E-state index contributed by atoms with van der Waals surface area (Å²) in [7, 11) is 0. The molecule has 0 saturated heterocycles. The van der Waals surface area contributed by atoms with Crippen LogP contribution in [-0.2, 0) is 9.59 Å². The Morgan fingerprint density at radius 3 is 2.62 bits per heavy atom. The zero-order valence-corrected chi connectivity index (χ0v) is 15.2. The Balaban J connectivity index is 1.76. The van der Waals surface area contributed by atoms with Gasteiger partial charge in [-0.1, -0.05) is 15.9 Å². The van der Waals surface area contributed by atoms with Crippen molar-refractivity contribution in [2.75, 3.05) is 16.8 Å². The Bertz CT molecular complexity index is 561. The van der Waals surface area contributed by atoms with Gasteiger partial charge in [0.1, 0.15) is 0 Å². The number of benzene rings is 1. The minimum absolute atomic E-state index is 0.0744. The molecule has 0 unspecified atom stereocenters. The normalized spacial score (nSPS) is 15.5. The zero-order chi connectivity index (χ0) is 15.5. The van der Waals surface area contributed by atoms with Crippen LogP contribution in [0.5, 0.6) is 0 Å². The molecule has 0 atom stereocenters. The average molecular weight is 437 g/mol. The van der Waals surface area contributed by atoms with Crippen LogP contribution in [0.2, 0.25) is 0 Å². The molecule has 114 valence electrons. The van der Waals surface area contributed by atoms with Gasteiger partial charge < -0.3 is 10.4 Å². The van der Waals surface area contributed by atoms with E-state index in [4.69, 9.17) is 5.11 Å². The van der Waals surface area contributed by atoms with E-state index in [2.05, 4.69) is 37.2 Å². The Morgan fingerprint density at radius 2 is 2.05 bits per heavy atom. The molecule has 1 fully saturated rings. The lowest BCUT2D eigenvalue weighted by Gasteiger charge is -2.12. The van der Waals surface area contributed by atoms with Crippen LogP contribution in [0.15, 0.2) is 27.1 Å². The summed E-state index contributed by atoms with van der Waals surface area (Å²) in [6, 6.07) is 5.55. The largest absolute Gasteiger partial charge is 0.481 e. The van der Waals surface area contributed by atoms with Crippen molar-refractivity contribution in [1.82, 2.24) is 0 Å². The standard InChI is InChI=1S/C14H15Br2NO3S/c15-9-1-2-11(10(16)5-9)17-12(18)7-21-8-14(3-4-14)6-13(19)20/h1-2,5H,3-4,6-8H2,(H,17,18)(H,19,20). The Labute approximate surface area is 144 Å². The highest BCUT2D eigenvalue weighted by Crippen LogP contribution is 2.50. The lowest BCUT2D eigenvalue weighted by atomic mass is 10.1. The molecule has 2 rings (SSSR count). The molecule has 1 saturated carbocycles. The number of aliphatic carboxylic acids is 1. The monoisotopic (exact) mass is 435 g/mol. The molecule has 0 heterocycles. The highest BCUT2D eigenvalue weighted by atomic mass is 79.9. The van der Waals surface area contributed by atoms with Crippen LogP contribution in [0, 0.1) is 5.41 Å². The second-order valence-electron chi connectivity index (χ2n) is 5.24. The van der Waals surface area contributed by atoms with Crippen LogP contribution in [0.3, 0.4) is 0 Å². The predicted molar refractivity (Wildman–Crippen MR) is 91.7 cm³/mol. The Kier molecular flexibility index (Phi) is 5.73. The minimum Gasteiger partial charge on any atom is -0.481 e. The number of carboxylic acid groups (broad SMARTS) is 1. The summed E-state index contributed by atoms with van der Waals surface area (Å²) in [6.45, 7) is 0. The van der Waals surface area contributed by atoms with Gasteiger partial charge in [-0.2, -0.15) is 11.8 Å². The molecule has 1 aromatic carbocycles. The van der Waals surface area contributed by atoms with Crippen LogP contribution in [0.25, 0.3) is 0 Å². The van der Waals surface area contributed by atoms with Gasteiger partial charge in [-0.05, 0) is 58.1 Å². The van der Waals surface area contributed by atoms with E-state index < -0.39 is 5.97 Å². The quantitative estimate of drug-likeness (QED) is 0.674. The third-order valence-corrected chi connectivity index (χ3v) is 5.76. The summed E-state index contributed by atoms with van der Waals surface area (Å²) in [4.78, 5) is 22.7. The van der Waals surface area contributed by atoms with Crippen molar-refractivity contribution in [1.29, 1.82) is 0 Å². The maximum absolute atomic E-state index is 11.9. The number of halogens is 2. The second kappa shape index (κ2) is 7.15. The second-order valence-corrected chi connectivity index (χ2v) is 7.99. The Morgan fingerprint density at radius 1 is 1.33 bits per heavy atom. The maximum Gasteiger partial charge on any atom is 0.303 e. The number of hydrogen-bond acceptors (Lipinski definition) is 3. The molecule has 1 aromatic rings. The molecule has 7 heteroatoms. The summed E-state index contributed by atoms with van der Waals surface area (Å²) < 4.78 is 1.76. The van der Waals surface area contributed by atoms with Crippen LogP contribution in [-0.4, -0.2) is 28.5 Å². The molecule has 2 N–H and O–H groups in total. The first-order valence-electron chi connectivity index (χ1n) is 6.45. The summed E-state index contributed by atoms with van der Waals surface area (Å²) in [6.07, 6.45) is 2.11. The predicted octanol–water partition coefficient (Wildman–Crippen LogP) is 4.14. The van der Waals surface area contributed by atoms with E-state index >= 15 is 0 Å². The van der Waals surface area contributed by atoms with Crippen molar-refractivity contribution >= 4 is 61.2 Å². The van der Waals surface area contributed by atoms with Crippen molar-refractivity contribution in [2.24, 2.45) is 5.41 Å². The smallest absolute Gasteiger partial charge is 0.303 e. The molecule has 1 aliphatic carbocycles. The number of amides is 1. The molecular weight excluding hydrogens is 422 g/mol. The summed E-state index contributed by atoms with van der Waals surface area (Å²) in [5.74, 6) is 0.239. The molecule has 4 nitrogen and oxygen atoms in total. The summed E-state index contributed by atoms with van der Waals surface area (Å²) in [5, 5.41) is 11.7. The molecule has 1 aliphatic rings. The summed E-state index contributed by atoms with van der Waals surface area (Å²) in [5.41, 5.74) is 0.657. The van der Waals surface area contributed by atoms with Gasteiger partial charge in [0.25, 0.3) is 0 Å². The fourth-order valence-electron chi connectivity index (χ4n) is 2.01. The van der Waals surface area contributed by atoms with Crippen LogP contribution in [0.1, 0.15) is 19.3 Å². The molecule has 0 spiro atoms. The van der Waals surface area contributed by atoms with Crippen molar-refractivity contribution < 1.29 is 14.7 Å². The van der Waals surface area contributed by atoms with E-state index in [1.54, 1.807) is 0 Å². The molecule has 0 radical (unpaired) electrons. The van der Waals surface area contributed by atoms with Gasteiger partial charge in [0.2, 0.25) is 5.91 Å². The van der Waals surface area contributed by atoms with Gasteiger partial charge in [-0.15, -0.1) is 0 Å². The van der Waals surface area contributed by atoms with E-state index in [0.29, 0.717) is 5.75 Å². The van der Waals surface area contributed by atoms with Crippen molar-refractivity contribution in [3.63, 3.8) is 0 Å². The van der Waals surface area contributed by atoms with E-state index in [0.717, 1.165) is 33.2 Å². The van der Waals surface area contributed by atoms with Gasteiger partial charge in [0.15, 0.2) is 0 Å². The van der Waals surface area contributed by atoms with Crippen molar-refractivity contribution in [3.8, 4) is 0 Å². The van der Waals surface area contributed by atoms with E-state index in [9.17, 15) is 9.59 Å². The Hall–Kier alpha value is -0.530. The van der Waals surface area contributed by atoms with E-state index in [1.165, 1.54) is 11.8 Å². The molecular formula is C14H15Br2NO3S. The maximum atomic E-state index is 11.9. The molecule has 0 bridgehead atoms. The van der Waals surface area contributed by atoms with Crippen LogP contribution >= 0.6 is 43.6 Å². The van der Waals surface area contributed by atoms with Gasteiger partial charge in [0, 0.05) is 8.95 Å². The topological polar surface area (TPSA) is 66.4 Å². The fourth-order valence-corrected chi connectivity index (χ4v) is 4.34. The summed E-state index contributed by atoms with van der Waals surface area (Å²) >= 11 is 8.25. The fraction of sp³-hybridized carbons (Fsp3) is 0.429. The van der Waals surface area contributed by atoms with Crippen LogP contribution < -0.4 is 5.32 Å². The third kappa shape index (κ3) is 5.30. The van der Waals surface area contributed by atoms with Gasteiger partial charge >= 0.3 is 5.97 Å². The number of anilines is 1. The number of carbonyl (C=O) groups excluding carboxylic acids is 1. The average Bonchev–Trinajstić information content (AvgIpc) is 3.11. The molecule has 1 amide bonds.